The molecule has 130 valence electrons. The van der Waals surface area contributed by atoms with Crippen LogP contribution in [0.25, 0.3) is 10.9 Å². The maximum Gasteiger partial charge on any atom is 0.278 e. The summed E-state index contributed by atoms with van der Waals surface area (Å²) in [7, 11) is 0. The predicted molar refractivity (Wildman–Crippen MR) is 96.9 cm³/mol. The van der Waals surface area contributed by atoms with Gasteiger partial charge in [0.15, 0.2) is 11.5 Å². The molecule has 0 amide bonds. The van der Waals surface area contributed by atoms with Crippen molar-refractivity contribution in [2.75, 3.05) is 12.2 Å². The SMILES string of the molecule is Cc1cc(N/N=C/c2ccccc2[N+](=O)[O-])c2cc3c(cc2n1)OCO3. The van der Waals surface area contributed by atoms with Crippen molar-refractivity contribution in [2.45, 2.75) is 6.92 Å². The van der Waals surface area contributed by atoms with Crippen LogP contribution in [0.5, 0.6) is 11.5 Å². The molecule has 2 aromatic carbocycles. The lowest BCUT2D eigenvalue weighted by Crippen LogP contribution is -1.97. The van der Waals surface area contributed by atoms with Crippen LogP contribution in [0.15, 0.2) is 47.6 Å². The first-order valence-electron chi connectivity index (χ1n) is 7.85. The van der Waals surface area contributed by atoms with Gasteiger partial charge in [-0.3, -0.25) is 20.5 Å². The Hall–Kier alpha value is -3.68. The van der Waals surface area contributed by atoms with Gasteiger partial charge in [-0.05, 0) is 25.1 Å². The number of rotatable bonds is 4. The normalized spacial score (nSPS) is 12.7. The molecule has 1 aromatic heterocycles. The molecule has 0 aliphatic carbocycles. The molecule has 3 aromatic rings. The number of hydrazone groups is 1. The van der Waals surface area contributed by atoms with E-state index in [1.807, 2.05) is 25.1 Å². The molecule has 0 fully saturated rings. The van der Waals surface area contributed by atoms with Crippen molar-refractivity contribution in [3.63, 3.8) is 0 Å². The van der Waals surface area contributed by atoms with Crippen molar-refractivity contribution >= 4 is 28.5 Å². The number of nitrogens with one attached hydrogen (secondary N) is 1. The van der Waals surface area contributed by atoms with Gasteiger partial charge in [-0.15, -0.1) is 0 Å². The minimum absolute atomic E-state index is 0.00261. The van der Waals surface area contributed by atoms with Crippen LogP contribution in [-0.4, -0.2) is 22.9 Å². The Morgan fingerprint density at radius 2 is 2.00 bits per heavy atom. The molecule has 26 heavy (non-hydrogen) atoms. The standard InChI is InChI=1S/C18H14N4O4/c1-11-6-15(13-7-17-18(26-10-25-17)8-14(13)20-11)21-19-9-12-4-2-3-5-16(12)22(23)24/h2-9H,10H2,1H3,(H,20,21)/b19-9+. The van der Waals surface area contributed by atoms with Crippen molar-refractivity contribution < 1.29 is 14.4 Å². The number of anilines is 1. The maximum absolute atomic E-state index is 11.1. The van der Waals surface area contributed by atoms with E-state index in [9.17, 15) is 10.1 Å². The number of pyridine rings is 1. The molecule has 1 N–H and O–H groups in total. The van der Waals surface area contributed by atoms with E-state index in [-0.39, 0.29) is 12.5 Å². The average Bonchev–Trinajstić information content (AvgIpc) is 3.07. The zero-order valence-electron chi connectivity index (χ0n) is 13.8. The van der Waals surface area contributed by atoms with Gasteiger partial charge in [-0.25, -0.2) is 0 Å². The first kappa shape index (κ1) is 15.8. The minimum atomic E-state index is -0.437. The molecule has 0 atom stereocenters. The Bertz CT molecular complexity index is 1050. The first-order chi connectivity index (χ1) is 12.6. The predicted octanol–water partition coefficient (Wildman–Crippen LogP) is 3.63. The molecular weight excluding hydrogens is 336 g/mol. The van der Waals surface area contributed by atoms with Gasteiger partial charge in [0.1, 0.15) is 0 Å². The van der Waals surface area contributed by atoms with Crippen LogP contribution >= 0.6 is 0 Å². The van der Waals surface area contributed by atoms with Crippen LogP contribution in [0.1, 0.15) is 11.3 Å². The molecule has 0 radical (unpaired) electrons. The van der Waals surface area contributed by atoms with Crippen LogP contribution in [0.2, 0.25) is 0 Å². The Morgan fingerprint density at radius 1 is 1.23 bits per heavy atom. The van der Waals surface area contributed by atoms with Gasteiger partial charge in [-0.1, -0.05) is 12.1 Å². The molecule has 1 aliphatic rings. The average molecular weight is 350 g/mol. The summed E-state index contributed by atoms with van der Waals surface area (Å²) in [6.07, 6.45) is 1.42. The Balaban J connectivity index is 1.68. The summed E-state index contributed by atoms with van der Waals surface area (Å²) in [6.45, 7) is 2.06. The molecule has 0 bridgehead atoms. The van der Waals surface area contributed by atoms with Crippen LogP contribution in [0.3, 0.4) is 0 Å². The van der Waals surface area contributed by atoms with E-state index >= 15 is 0 Å². The fourth-order valence-electron chi connectivity index (χ4n) is 2.78. The summed E-state index contributed by atoms with van der Waals surface area (Å²) in [4.78, 5) is 15.1. The number of aryl methyl sites for hydroxylation is 1. The second-order valence-corrected chi connectivity index (χ2v) is 5.72. The number of fused-ring (bicyclic) bond motifs is 2. The van der Waals surface area contributed by atoms with Gasteiger partial charge in [0.25, 0.3) is 5.69 Å². The molecule has 0 spiro atoms. The van der Waals surface area contributed by atoms with E-state index < -0.39 is 4.92 Å². The highest BCUT2D eigenvalue weighted by Gasteiger charge is 2.16. The number of benzene rings is 2. The van der Waals surface area contributed by atoms with E-state index in [0.717, 1.165) is 22.3 Å². The zero-order chi connectivity index (χ0) is 18.1. The molecular formula is C18H14N4O4. The van der Waals surface area contributed by atoms with E-state index in [4.69, 9.17) is 9.47 Å². The van der Waals surface area contributed by atoms with E-state index in [0.29, 0.717) is 17.1 Å². The highest BCUT2D eigenvalue weighted by molar-refractivity contribution is 5.94. The topological polar surface area (TPSA) is 98.9 Å². The Kier molecular flexibility index (Phi) is 3.85. The fourth-order valence-corrected chi connectivity index (χ4v) is 2.78. The molecule has 4 rings (SSSR count). The fraction of sp³-hybridized carbons (Fsp3) is 0.111. The molecule has 8 nitrogen and oxygen atoms in total. The number of nitro benzene ring substituents is 1. The van der Waals surface area contributed by atoms with Crippen LogP contribution in [-0.2, 0) is 0 Å². The second kappa shape index (κ2) is 6.32. The molecule has 8 heteroatoms. The number of hydrogen-bond acceptors (Lipinski definition) is 7. The number of nitro groups is 1. The third-order valence-corrected chi connectivity index (χ3v) is 3.95. The molecule has 1 aliphatic heterocycles. The van der Waals surface area contributed by atoms with Crippen molar-refractivity contribution in [3.8, 4) is 11.5 Å². The smallest absolute Gasteiger partial charge is 0.278 e. The van der Waals surface area contributed by atoms with Crippen molar-refractivity contribution in [2.24, 2.45) is 5.10 Å². The highest BCUT2D eigenvalue weighted by atomic mass is 16.7. The number of ether oxygens (including phenoxy) is 2. The Morgan fingerprint density at radius 3 is 2.81 bits per heavy atom. The monoisotopic (exact) mass is 350 g/mol. The van der Waals surface area contributed by atoms with Crippen LogP contribution in [0.4, 0.5) is 11.4 Å². The van der Waals surface area contributed by atoms with Gasteiger partial charge in [-0.2, -0.15) is 5.10 Å². The first-order valence-corrected chi connectivity index (χ1v) is 7.85. The van der Waals surface area contributed by atoms with E-state index in [2.05, 4.69) is 15.5 Å². The molecule has 0 saturated heterocycles. The van der Waals surface area contributed by atoms with Crippen molar-refractivity contribution in [3.05, 3.63) is 63.8 Å². The van der Waals surface area contributed by atoms with Crippen LogP contribution in [0, 0.1) is 17.0 Å². The summed E-state index contributed by atoms with van der Waals surface area (Å²) < 4.78 is 10.8. The lowest BCUT2D eigenvalue weighted by molar-refractivity contribution is -0.385. The Labute approximate surface area is 148 Å². The third kappa shape index (κ3) is 2.88. The summed E-state index contributed by atoms with van der Waals surface area (Å²) in [5.74, 6) is 1.30. The summed E-state index contributed by atoms with van der Waals surface area (Å²) in [5, 5.41) is 16.1. The maximum atomic E-state index is 11.1. The summed E-state index contributed by atoms with van der Waals surface area (Å²) in [6, 6.07) is 11.9. The third-order valence-electron chi connectivity index (χ3n) is 3.95. The van der Waals surface area contributed by atoms with Crippen LogP contribution < -0.4 is 14.9 Å². The zero-order valence-corrected chi connectivity index (χ0v) is 13.8. The largest absolute Gasteiger partial charge is 0.454 e. The molecule has 0 unspecified atom stereocenters. The quantitative estimate of drug-likeness (QED) is 0.438. The van der Waals surface area contributed by atoms with Crippen molar-refractivity contribution in [1.82, 2.24) is 4.98 Å². The molecule has 0 saturated carbocycles. The number of para-hydroxylation sites is 1. The lowest BCUT2D eigenvalue weighted by atomic mass is 10.1. The van der Waals surface area contributed by atoms with E-state index in [1.54, 1.807) is 18.2 Å². The van der Waals surface area contributed by atoms with Gasteiger partial charge in [0.2, 0.25) is 6.79 Å². The second-order valence-electron chi connectivity index (χ2n) is 5.72. The van der Waals surface area contributed by atoms with Gasteiger partial charge in [0.05, 0.1) is 27.9 Å². The summed E-state index contributed by atoms with van der Waals surface area (Å²) >= 11 is 0. The minimum Gasteiger partial charge on any atom is -0.454 e. The van der Waals surface area contributed by atoms with Gasteiger partial charge in [0, 0.05) is 23.2 Å². The number of hydrogen-bond donors (Lipinski definition) is 1. The van der Waals surface area contributed by atoms with Gasteiger partial charge >= 0.3 is 0 Å². The lowest BCUT2D eigenvalue weighted by Gasteiger charge is -2.08. The van der Waals surface area contributed by atoms with Crippen molar-refractivity contribution in [1.29, 1.82) is 0 Å². The van der Waals surface area contributed by atoms with Gasteiger partial charge < -0.3 is 9.47 Å². The number of aromatic nitrogens is 1. The number of nitrogens with zero attached hydrogens (tertiary/aromatic N) is 3. The van der Waals surface area contributed by atoms with E-state index in [1.165, 1.54) is 12.3 Å². The highest BCUT2D eigenvalue weighted by Crippen LogP contribution is 2.38. The summed E-state index contributed by atoms with van der Waals surface area (Å²) in [5.41, 5.74) is 5.63. The molecule has 2 heterocycles.